The molecule has 0 radical (unpaired) electrons. The van der Waals surface area contributed by atoms with Crippen molar-refractivity contribution in [2.45, 2.75) is 137 Å². The number of hydrogen-bond donors (Lipinski definition) is 0. The summed E-state index contributed by atoms with van der Waals surface area (Å²) in [5.41, 5.74) is 0. The van der Waals surface area contributed by atoms with Crippen molar-refractivity contribution in [1.29, 1.82) is 0 Å². The van der Waals surface area contributed by atoms with Gasteiger partial charge in [0.2, 0.25) is 0 Å². The third-order valence-electron chi connectivity index (χ3n) is 7.15. The first kappa shape index (κ1) is 33.5. The average Bonchev–Trinajstić information content (AvgIpc) is 2.81. The monoisotopic (exact) mass is 510 g/mol. The van der Waals surface area contributed by atoms with Gasteiger partial charge in [-0.3, -0.25) is 0 Å². The number of rotatable bonds is 25. The molecule has 0 aromatic carbocycles. The average molecular weight is 511 g/mol. The predicted octanol–water partition coefficient (Wildman–Crippen LogP) is 10.6. The summed E-state index contributed by atoms with van der Waals surface area (Å²) in [5.74, 6) is 0. The molecular weight excluding hydrogens is 450 g/mol. The van der Waals surface area contributed by atoms with Gasteiger partial charge >= 0.3 is 208 Å². The van der Waals surface area contributed by atoms with E-state index in [4.69, 9.17) is 13.4 Å². The van der Waals surface area contributed by atoms with Crippen molar-refractivity contribution in [2.75, 3.05) is 38.4 Å². The number of hydrogen-bond acceptors (Lipinski definition) is 4. The Balaban J connectivity index is 6.16. The predicted molar refractivity (Wildman–Crippen MR) is 150 cm³/mol. The SMILES string of the molecule is CCCCCCP(CCCCCC)(CCCCCC)(CCCCCC)OP(=O)(OC)OCC. The minimum atomic E-state index is -3.55. The zero-order valence-corrected chi connectivity index (χ0v) is 25.2. The molecule has 1 unspecified atom stereocenters. The van der Waals surface area contributed by atoms with Crippen molar-refractivity contribution in [3.05, 3.63) is 0 Å². The molecule has 4 nitrogen and oxygen atoms in total. The van der Waals surface area contributed by atoms with E-state index >= 15 is 0 Å². The number of unbranched alkanes of at least 4 members (excludes halogenated alkanes) is 12. The molecule has 0 fully saturated rings. The summed E-state index contributed by atoms with van der Waals surface area (Å²) in [6.07, 6.45) is 24.0. The van der Waals surface area contributed by atoms with Gasteiger partial charge in [0.25, 0.3) is 0 Å². The van der Waals surface area contributed by atoms with Gasteiger partial charge in [0, 0.05) is 0 Å². The molecule has 0 aromatic heterocycles. The Morgan fingerprint density at radius 1 is 0.545 bits per heavy atom. The van der Waals surface area contributed by atoms with Gasteiger partial charge in [-0.2, -0.15) is 0 Å². The normalized spacial score (nSPS) is 15.3. The minimum absolute atomic E-state index is 0.356. The van der Waals surface area contributed by atoms with E-state index in [0.29, 0.717) is 6.61 Å². The van der Waals surface area contributed by atoms with Crippen molar-refractivity contribution in [3.63, 3.8) is 0 Å². The third kappa shape index (κ3) is 14.0. The van der Waals surface area contributed by atoms with Gasteiger partial charge in [-0.1, -0.05) is 0 Å². The molecule has 1 atom stereocenters. The van der Waals surface area contributed by atoms with E-state index < -0.39 is 14.7 Å². The van der Waals surface area contributed by atoms with E-state index in [1.54, 1.807) is 0 Å². The summed E-state index contributed by atoms with van der Waals surface area (Å²) in [7, 11) is -2.05. The van der Waals surface area contributed by atoms with Crippen LogP contribution in [0, 0.1) is 0 Å². The van der Waals surface area contributed by atoms with Crippen LogP contribution >= 0.6 is 14.7 Å². The van der Waals surface area contributed by atoms with E-state index in [-0.39, 0.29) is 0 Å². The zero-order valence-electron chi connectivity index (χ0n) is 23.4. The number of phosphoric acid groups is 1. The van der Waals surface area contributed by atoms with Crippen LogP contribution in [0.5, 0.6) is 0 Å². The first-order chi connectivity index (χ1) is 15.9. The molecule has 6 heteroatoms. The first-order valence-electron chi connectivity index (χ1n) is 14.4. The van der Waals surface area contributed by atoms with E-state index in [1.165, 1.54) is 110 Å². The van der Waals surface area contributed by atoms with Crippen molar-refractivity contribution in [1.82, 2.24) is 0 Å². The molecule has 0 saturated carbocycles. The Kier molecular flexibility index (Phi) is 20.0. The van der Waals surface area contributed by atoms with E-state index in [1.807, 2.05) is 6.92 Å². The topological polar surface area (TPSA) is 44.8 Å². The van der Waals surface area contributed by atoms with Gasteiger partial charge < -0.3 is 0 Å². The van der Waals surface area contributed by atoms with Crippen LogP contribution in [0.15, 0.2) is 0 Å². The maximum atomic E-state index is 13.7. The van der Waals surface area contributed by atoms with Gasteiger partial charge in [-0.15, -0.1) is 0 Å². The van der Waals surface area contributed by atoms with Crippen LogP contribution in [0.3, 0.4) is 0 Å². The molecule has 0 rings (SSSR count). The Morgan fingerprint density at radius 2 is 0.879 bits per heavy atom. The van der Waals surface area contributed by atoms with Crippen molar-refractivity contribution in [2.24, 2.45) is 0 Å². The molecule has 0 aliphatic rings. The molecule has 0 amide bonds. The first-order valence-corrected chi connectivity index (χ1v) is 18.8. The summed E-state index contributed by atoms with van der Waals surface area (Å²) in [6, 6.07) is 0. The fraction of sp³-hybridized carbons (Fsp3) is 1.00. The quantitative estimate of drug-likeness (QED) is 0.0905. The second-order valence-electron chi connectivity index (χ2n) is 10.1. The molecule has 0 bridgehead atoms. The van der Waals surface area contributed by atoms with Crippen LogP contribution in [0.4, 0.5) is 0 Å². The molecule has 0 aliphatic carbocycles. The molecule has 0 N–H and O–H groups in total. The molecule has 0 aromatic rings. The van der Waals surface area contributed by atoms with Crippen LogP contribution in [0.2, 0.25) is 0 Å². The van der Waals surface area contributed by atoms with E-state index in [9.17, 15) is 4.57 Å². The standard InChI is InChI=1S/C27H60O4P2/c1-7-12-16-20-24-33(25-21-17-13-8-2,26-22-18-14-9-3,27-23-19-15-10-4)31-32(28,29-6)30-11-5/h7-27H2,1-6H3. The summed E-state index contributed by atoms with van der Waals surface area (Å²) in [6.45, 7) is 8.55. The van der Waals surface area contributed by atoms with E-state index in [0.717, 1.165) is 24.6 Å². The molecule has 0 spiro atoms. The van der Waals surface area contributed by atoms with Gasteiger partial charge in [0.15, 0.2) is 0 Å². The Bertz CT molecular complexity index is 439. The Morgan fingerprint density at radius 3 is 1.12 bits per heavy atom. The summed E-state index contributed by atoms with van der Waals surface area (Å²) < 4.78 is 31.9. The maximum absolute atomic E-state index is 13.7. The Labute approximate surface area is 208 Å². The molecular formula is C27H60O4P2. The van der Waals surface area contributed by atoms with Gasteiger partial charge in [-0.25, -0.2) is 0 Å². The fourth-order valence-corrected chi connectivity index (χ4v) is 15.0. The van der Waals surface area contributed by atoms with Crippen LogP contribution in [-0.2, 0) is 17.9 Å². The van der Waals surface area contributed by atoms with Crippen LogP contribution in [0.1, 0.15) is 137 Å². The van der Waals surface area contributed by atoms with Gasteiger partial charge in [0.05, 0.1) is 0 Å². The van der Waals surface area contributed by atoms with Crippen LogP contribution in [-0.4, -0.2) is 38.4 Å². The molecule has 0 heterocycles. The molecule has 0 aliphatic heterocycles. The second kappa shape index (κ2) is 19.7. The summed E-state index contributed by atoms with van der Waals surface area (Å²) in [4.78, 5) is 0. The fourth-order valence-electron chi connectivity index (χ4n) is 5.14. The van der Waals surface area contributed by atoms with Crippen LogP contribution in [0.25, 0.3) is 0 Å². The third-order valence-corrected chi connectivity index (χ3v) is 16.6. The zero-order chi connectivity index (χ0) is 24.9. The van der Waals surface area contributed by atoms with Crippen LogP contribution < -0.4 is 0 Å². The van der Waals surface area contributed by atoms with Crippen molar-refractivity contribution >= 4 is 14.7 Å². The molecule has 202 valence electrons. The van der Waals surface area contributed by atoms with Gasteiger partial charge in [0.1, 0.15) is 0 Å². The summed E-state index contributed by atoms with van der Waals surface area (Å²) >= 11 is 0. The number of phosphoric ester groups is 1. The van der Waals surface area contributed by atoms with Crippen molar-refractivity contribution in [3.8, 4) is 0 Å². The Hall–Kier alpha value is 0.540. The summed E-state index contributed by atoms with van der Waals surface area (Å²) in [5, 5.41) is 0. The van der Waals surface area contributed by atoms with Gasteiger partial charge in [-0.05, 0) is 0 Å². The molecule has 0 saturated heterocycles. The van der Waals surface area contributed by atoms with Crippen molar-refractivity contribution < 1.29 is 17.9 Å². The van der Waals surface area contributed by atoms with E-state index in [2.05, 4.69) is 27.7 Å². The second-order valence-corrected chi connectivity index (χ2v) is 17.8. The molecule has 33 heavy (non-hydrogen) atoms.